The normalized spacial score (nSPS) is 12.6. The fourth-order valence-electron chi connectivity index (χ4n) is 3.92. The molecule has 176 valence electrons. The smallest absolute Gasteiger partial charge is 0.167 e. The van der Waals surface area contributed by atoms with Crippen molar-refractivity contribution in [1.29, 1.82) is 0 Å². The topological polar surface area (TPSA) is 89.8 Å². The van der Waals surface area contributed by atoms with E-state index in [4.69, 9.17) is 5.73 Å². The van der Waals surface area contributed by atoms with Gasteiger partial charge in [0.1, 0.15) is 18.1 Å². The molecular formula is C24H43N5OS. The molecule has 0 aliphatic heterocycles. The van der Waals surface area contributed by atoms with Gasteiger partial charge in [0.05, 0.1) is 6.33 Å². The van der Waals surface area contributed by atoms with Crippen LogP contribution in [0.15, 0.2) is 12.7 Å². The van der Waals surface area contributed by atoms with Gasteiger partial charge in [0.15, 0.2) is 11.5 Å². The molecule has 2 rings (SSSR count). The van der Waals surface area contributed by atoms with Crippen LogP contribution in [0.1, 0.15) is 109 Å². The van der Waals surface area contributed by atoms with Crippen molar-refractivity contribution in [2.45, 2.75) is 109 Å². The lowest BCUT2D eigenvalue weighted by atomic mass is 10.0. The molecule has 31 heavy (non-hydrogen) atoms. The maximum absolute atomic E-state index is 10.4. The molecule has 0 spiro atoms. The number of fused-ring (bicyclic) bond motifs is 1. The second-order valence-electron chi connectivity index (χ2n) is 8.56. The number of aromatic nitrogens is 4. The highest BCUT2D eigenvalue weighted by Crippen LogP contribution is 2.21. The molecule has 7 heteroatoms. The van der Waals surface area contributed by atoms with E-state index in [0.29, 0.717) is 23.4 Å². The Morgan fingerprint density at radius 1 is 0.839 bits per heavy atom. The number of hydrogen-bond donors (Lipinski definition) is 2. The van der Waals surface area contributed by atoms with Crippen LogP contribution in [0.3, 0.4) is 0 Å². The lowest BCUT2D eigenvalue weighted by molar-refractivity contribution is 0.105. The third-order valence-electron chi connectivity index (χ3n) is 5.87. The zero-order chi connectivity index (χ0) is 22.2. The summed E-state index contributed by atoms with van der Waals surface area (Å²) in [5, 5.41) is 10.4. The van der Waals surface area contributed by atoms with Gasteiger partial charge in [-0.1, -0.05) is 90.4 Å². The van der Waals surface area contributed by atoms with Gasteiger partial charge in [-0.15, -0.1) is 0 Å². The van der Waals surface area contributed by atoms with Crippen LogP contribution in [0, 0.1) is 0 Å². The number of nitrogens with zero attached hydrogens (tertiary/aromatic N) is 4. The quantitative estimate of drug-likeness (QED) is 0.238. The Morgan fingerprint density at radius 3 is 2.03 bits per heavy atom. The van der Waals surface area contributed by atoms with Crippen molar-refractivity contribution in [1.82, 2.24) is 19.5 Å². The first-order chi connectivity index (χ1) is 15.2. The van der Waals surface area contributed by atoms with Crippen LogP contribution >= 0.6 is 11.8 Å². The van der Waals surface area contributed by atoms with Gasteiger partial charge < -0.3 is 10.8 Å². The molecule has 2 aromatic heterocycles. The SMILES string of the molecule is CCCCCCCCCCCCCCCCSCCC(O)n1cnc2c(N)ncnc21. The van der Waals surface area contributed by atoms with Crippen molar-refractivity contribution in [3.8, 4) is 0 Å². The number of anilines is 1. The fourth-order valence-corrected chi connectivity index (χ4v) is 4.91. The van der Waals surface area contributed by atoms with Crippen LogP contribution in [0.2, 0.25) is 0 Å². The largest absolute Gasteiger partial charge is 0.382 e. The van der Waals surface area contributed by atoms with E-state index in [0.717, 1.165) is 5.75 Å². The van der Waals surface area contributed by atoms with E-state index in [1.165, 1.54) is 102 Å². The predicted molar refractivity (Wildman–Crippen MR) is 133 cm³/mol. The Hall–Kier alpha value is -1.34. The van der Waals surface area contributed by atoms with Gasteiger partial charge in [-0.25, -0.2) is 15.0 Å². The van der Waals surface area contributed by atoms with E-state index in [9.17, 15) is 5.11 Å². The van der Waals surface area contributed by atoms with Crippen molar-refractivity contribution in [2.24, 2.45) is 0 Å². The van der Waals surface area contributed by atoms with E-state index < -0.39 is 6.23 Å². The summed E-state index contributed by atoms with van der Waals surface area (Å²) in [5.74, 6) is 2.45. The number of hydrogen-bond acceptors (Lipinski definition) is 6. The molecule has 0 amide bonds. The van der Waals surface area contributed by atoms with Crippen LogP contribution in [-0.4, -0.2) is 36.1 Å². The number of nitrogen functional groups attached to an aromatic ring is 1. The number of unbranched alkanes of at least 4 members (excludes halogenated alkanes) is 13. The molecule has 0 bridgehead atoms. The van der Waals surface area contributed by atoms with Crippen LogP contribution in [0.25, 0.3) is 11.2 Å². The minimum absolute atomic E-state index is 0.350. The minimum Gasteiger partial charge on any atom is -0.382 e. The highest BCUT2D eigenvalue weighted by atomic mass is 32.2. The molecule has 2 aromatic rings. The van der Waals surface area contributed by atoms with Gasteiger partial charge in [0.25, 0.3) is 0 Å². The molecule has 2 heterocycles. The maximum atomic E-state index is 10.4. The monoisotopic (exact) mass is 449 g/mol. The lowest BCUT2D eigenvalue weighted by Crippen LogP contribution is -2.09. The van der Waals surface area contributed by atoms with E-state index in [1.54, 1.807) is 10.9 Å². The highest BCUT2D eigenvalue weighted by Gasteiger charge is 2.13. The van der Waals surface area contributed by atoms with Gasteiger partial charge in [-0.2, -0.15) is 11.8 Å². The summed E-state index contributed by atoms with van der Waals surface area (Å²) in [6.45, 7) is 2.28. The van der Waals surface area contributed by atoms with Gasteiger partial charge in [-0.3, -0.25) is 4.57 Å². The molecule has 0 radical (unpaired) electrons. The third kappa shape index (κ3) is 10.2. The Kier molecular flexibility index (Phi) is 13.6. The number of imidazole rings is 1. The number of thioether (sulfide) groups is 1. The summed E-state index contributed by atoms with van der Waals surface area (Å²) in [5.41, 5.74) is 6.95. The van der Waals surface area contributed by atoms with Gasteiger partial charge in [0, 0.05) is 6.42 Å². The Bertz CT molecular complexity index is 708. The van der Waals surface area contributed by atoms with Crippen molar-refractivity contribution >= 4 is 28.7 Å². The van der Waals surface area contributed by atoms with Crippen molar-refractivity contribution < 1.29 is 5.11 Å². The summed E-state index contributed by atoms with van der Waals surface area (Å²) < 4.78 is 1.68. The molecular weight excluding hydrogens is 406 g/mol. The van der Waals surface area contributed by atoms with Crippen LogP contribution in [0.5, 0.6) is 0 Å². The number of rotatable bonds is 19. The first kappa shape index (κ1) is 25.9. The molecule has 0 aromatic carbocycles. The predicted octanol–water partition coefficient (Wildman–Crippen LogP) is 6.50. The van der Waals surface area contributed by atoms with Crippen LogP contribution < -0.4 is 5.73 Å². The van der Waals surface area contributed by atoms with Gasteiger partial charge >= 0.3 is 0 Å². The molecule has 1 atom stereocenters. The van der Waals surface area contributed by atoms with Crippen LogP contribution in [-0.2, 0) is 0 Å². The van der Waals surface area contributed by atoms with Gasteiger partial charge in [0.2, 0.25) is 0 Å². The molecule has 0 fully saturated rings. The zero-order valence-corrected chi connectivity index (χ0v) is 20.3. The Labute approximate surface area is 192 Å². The maximum Gasteiger partial charge on any atom is 0.167 e. The van der Waals surface area contributed by atoms with E-state index in [-0.39, 0.29) is 0 Å². The Balaban J connectivity index is 1.38. The van der Waals surface area contributed by atoms with E-state index in [2.05, 4.69) is 21.9 Å². The number of aliphatic hydroxyl groups is 1. The average Bonchev–Trinajstić information content (AvgIpc) is 3.21. The Morgan fingerprint density at radius 2 is 1.42 bits per heavy atom. The minimum atomic E-state index is -0.622. The summed E-state index contributed by atoms with van der Waals surface area (Å²) in [6, 6.07) is 0. The summed E-state index contributed by atoms with van der Waals surface area (Å²) in [6.07, 6.45) is 22.6. The molecule has 0 aliphatic carbocycles. The van der Waals surface area contributed by atoms with Crippen molar-refractivity contribution in [2.75, 3.05) is 17.2 Å². The summed E-state index contributed by atoms with van der Waals surface area (Å²) in [7, 11) is 0. The van der Waals surface area contributed by atoms with Crippen LogP contribution in [0.4, 0.5) is 5.82 Å². The average molecular weight is 450 g/mol. The molecule has 1 unspecified atom stereocenters. The number of nitrogens with two attached hydrogens (primary N) is 1. The third-order valence-corrected chi connectivity index (χ3v) is 6.97. The zero-order valence-electron chi connectivity index (χ0n) is 19.5. The summed E-state index contributed by atoms with van der Waals surface area (Å²) in [4.78, 5) is 12.3. The highest BCUT2D eigenvalue weighted by molar-refractivity contribution is 7.99. The second-order valence-corrected chi connectivity index (χ2v) is 9.79. The van der Waals surface area contributed by atoms with E-state index >= 15 is 0 Å². The molecule has 6 nitrogen and oxygen atoms in total. The molecule has 0 aliphatic rings. The van der Waals surface area contributed by atoms with Gasteiger partial charge in [-0.05, 0) is 17.9 Å². The summed E-state index contributed by atoms with van der Waals surface area (Å²) >= 11 is 1.92. The van der Waals surface area contributed by atoms with E-state index in [1.807, 2.05) is 11.8 Å². The van der Waals surface area contributed by atoms with Crippen molar-refractivity contribution in [3.05, 3.63) is 12.7 Å². The standard InChI is InChI=1S/C24H43N5OS/c1-2-3-4-5-6-7-8-9-10-11-12-13-14-15-17-31-18-16-21(30)29-20-28-22-23(25)26-19-27-24(22)29/h19-21,30H,2-18H2,1H3,(H2,25,26,27). The molecule has 3 N–H and O–H groups in total. The fraction of sp³-hybridized carbons (Fsp3) is 0.792. The molecule has 0 saturated carbocycles. The second kappa shape index (κ2) is 16.3. The first-order valence-corrected chi connectivity index (χ1v) is 13.6. The first-order valence-electron chi connectivity index (χ1n) is 12.4. The molecule has 0 saturated heterocycles. The van der Waals surface area contributed by atoms with Crippen molar-refractivity contribution in [3.63, 3.8) is 0 Å². The number of aliphatic hydroxyl groups excluding tert-OH is 1. The lowest BCUT2D eigenvalue weighted by Gasteiger charge is -2.12.